The summed E-state index contributed by atoms with van der Waals surface area (Å²) >= 11 is 0. The quantitative estimate of drug-likeness (QED) is 0.615. The SMILES string of the molecule is COc1ccc2ccc3cc2c1CCCCCOC(=O)N[C@@H](C(C)(C)C)C(=O)N1C[C@@]3(OC)C[C@H]1C(=O)O. The number of carbonyl (C=O) groups is 3. The molecule has 9 heteroatoms. The van der Waals surface area contributed by atoms with Gasteiger partial charge >= 0.3 is 12.1 Å². The summed E-state index contributed by atoms with van der Waals surface area (Å²) in [5.74, 6) is -0.812. The molecule has 0 saturated carbocycles. The second-order valence-electron chi connectivity index (χ2n) is 11.3. The molecule has 0 aliphatic carbocycles. The first-order chi connectivity index (χ1) is 18.0. The van der Waals surface area contributed by atoms with E-state index >= 15 is 0 Å². The lowest BCUT2D eigenvalue weighted by Gasteiger charge is -2.35. The van der Waals surface area contributed by atoms with Gasteiger partial charge < -0.3 is 29.5 Å². The third kappa shape index (κ3) is 5.29. The van der Waals surface area contributed by atoms with Gasteiger partial charge in [-0.2, -0.15) is 0 Å². The van der Waals surface area contributed by atoms with Crippen LogP contribution in [0.3, 0.4) is 0 Å². The highest BCUT2D eigenvalue weighted by atomic mass is 16.5. The molecule has 2 aromatic rings. The Kier molecular flexibility index (Phi) is 7.88. The molecule has 2 aliphatic heterocycles. The molecule has 3 atom stereocenters. The van der Waals surface area contributed by atoms with Crippen LogP contribution >= 0.6 is 0 Å². The molecule has 2 aliphatic rings. The highest BCUT2D eigenvalue weighted by Gasteiger charge is 2.52. The average Bonchev–Trinajstić information content (AvgIpc) is 3.29. The van der Waals surface area contributed by atoms with E-state index < -0.39 is 41.1 Å². The van der Waals surface area contributed by atoms with Gasteiger partial charge in [-0.25, -0.2) is 9.59 Å². The van der Waals surface area contributed by atoms with Crippen LogP contribution in [0.1, 0.15) is 57.6 Å². The highest BCUT2D eigenvalue weighted by molar-refractivity contribution is 5.91. The zero-order valence-electron chi connectivity index (χ0n) is 22.8. The van der Waals surface area contributed by atoms with E-state index in [0.29, 0.717) is 6.42 Å². The Bertz CT molecular complexity index is 1220. The van der Waals surface area contributed by atoms with Crippen LogP contribution in [0.15, 0.2) is 30.3 Å². The minimum atomic E-state index is -1.12. The van der Waals surface area contributed by atoms with Crippen LogP contribution in [-0.2, 0) is 31.1 Å². The van der Waals surface area contributed by atoms with Crippen LogP contribution in [0.4, 0.5) is 4.79 Å². The molecule has 0 aromatic heterocycles. The Hall–Kier alpha value is -3.33. The van der Waals surface area contributed by atoms with Crippen LogP contribution in [0.5, 0.6) is 5.75 Å². The first kappa shape index (κ1) is 27.7. The lowest BCUT2D eigenvalue weighted by molar-refractivity contribution is -0.150. The number of aryl methyl sites for hydroxylation is 1. The van der Waals surface area contributed by atoms with Crippen molar-refractivity contribution in [2.75, 3.05) is 27.4 Å². The minimum Gasteiger partial charge on any atom is -0.496 e. The summed E-state index contributed by atoms with van der Waals surface area (Å²) in [4.78, 5) is 40.3. The van der Waals surface area contributed by atoms with Gasteiger partial charge in [0.15, 0.2) is 0 Å². The van der Waals surface area contributed by atoms with E-state index in [4.69, 9.17) is 14.2 Å². The van der Waals surface area contributed by atoms with Crippen LogP contribution in [0, 0.1) is 5.41 Å². The van der Waals surface area contributed by atoms with Crippen molar-refractivity contribution in [1.82, 2.24) is 10.2 Å². The summed E-state index contributed by atoms with van der Waals surface area (Å²) in [6.07, 6.45) is 2.56. The number of fused-ring (bicyclic) bond motifs is 4. The Labute approximate surface area is 223 Å². The van der Waals surface area contributed by atoms with Gasteiger partial charge in [-0.05, 0) is 59.6 Å². The number of carbonyl (C=O) groups excluding carboxylic acids is 2. The number of rotatable bonds is 3. The summed E-state index contributed by atoms with van der Waals surface area (Å²) < 4.78 is 17.1. The molecule has 9 nitrogen and oxygen atoms in total. The number of carboxylic acid groups (broad SMARTS) is 1. The number of nitrogens with one attached hydrogen (secondary N) is 1. The predicted octanol–water partition coefficient (Wildman–Crippen LogP) is 4.24. The lowest BCUT2D eigenvalue weighted by Crippen LogP contribution is -2.57. The second-order valence-corrected chi connectivity index (χ2v) is 11.3. The smallest absolute Gasteiger partial charge is 0.407 e. The molecule has 0 spiro atoms. The first-order valence-electron chi connectivity index (χ1n) is 13.1. The summed E-state index contributed by atoms with van der Waals surface area (Å²) in [6, 6.07) is 7.87. The van der Waals surface area contributed by atoms with Crippen LogP contribution in [-0.4, -0.2) is 67.4 Å². The van der Waals surface area contributed by atoms with E-state index in [1.807, 2.05) is 51.1 Å². The molecule has 2 aromatic carbocycles. The summed E-state index contributed by atoms with van der Waals surface area (Å²) in [5, 5.41) is 14.9. The fourth-order valence-electron chi connectivity index (χ4n) is 5.61. The zero-order chi connectivity index (χ0) is 27.7. The van der Waals surface area contributed by atoms with E-state index in [-0.39, 0.29) is 19.6 Å². The summed E-state index contributed by atoms with van der Waals surface area (Å²) in [7, 11) is 3.19. The van der Waals surface area contributed by atoms with Crippen molar-refractivity contribution in [2.45, 2.75) is 70.6 Å². The van der Waals surface area contributed by atoms with Crippen LogP contribution in [0.25, 0.3) is 10.8 Å². The molecular weight excluding hydrogens is 488 g/mol. The van der Waals surface area contributed by atoms with Crippen molar-refractivity contribution < 1.29 is 33.7 Å². The third-order valence-electron chi connectivity index (χ3n) is 7.80. The molecule has 0 radical (unpaired) electrons. The van der Waals surface area contributed by atoms with Crippen molar-refractivity contribution in [2.24, 2.45) is 5.41 Å². The number of hydrogen-bond acceptors (Lipinski definition) is 6. The molecular formula is C29H38N2O7. The maximum absolute atomic E-state index is 13.9. The van der Waals surface area contributed by atoms with Gasteiger partial charge in [0.25, 0.3) is 0 Å². The third-order valence-corrected chi connectivity index (χ3v) is 7.80. The Morgan fingerprint density at radius 3 is 2.53 bits per heavy atom. The molecule has 4 rings (SSSR count). The van der Waals surface area contributed by atoms with Crippen molar-refractivity contribution in [3.63, 3.8) is 0 Å². The maximum Gasteiger partial charge on any atom is 0.407 e. The van der Waals surface area contributed by atoms with Gasteiger partial charge in [-0.15, -0.1) is 0 Å². The fraction of sp³-hybridized carbons (Fsp3) is 0.552. The zero-order valence-corrected chi connectivity index (χ0v) is 22.8. The lowest BCUT2D eigenvalue weighted by atomic mass is 9.85. The molecule has 4 bridgehead atoms. The predicted molar refractivity (Wildman–Crippen MR) is 142 cm³/mol. The summed E-state index contributed by atoms with van der Waals surface area (Å²) in [6.45, 7) is 5.74. The molecule has 38 heavy (non-hydrogen) atoms. The van der Waals surface area contributed by atoms with E-state index in [9.17, 15) is 19.5 Å². The van der Waals surface area contributed by atoms with Gasteiger partial charge in [-0.1, -0.05) is 39.0 Å². The number of amides is 2. The van der Waals surface area contributed by atoms with Crippen molar-refractivity contribution in [1.29, 1.82) is 0 Å². The topological polar surface area (TPSA) is 114 Å². The average molecular weight is 527 g/mol. The number of alkyl carbamates (subject to hydrolysis) is 1. The van der Waals surface area contributed by atoms with Crippen molar-refractivity contribution in [3.05, 3.63) is 41.5 Å². The van der Waals surface area contributed by atoms with E-state index in [1.54, 1.807) is 14.2 Å². The van der Waals surface area contributed by atoms with E-state index in [2.05, 4.69) is 5.32 Å². The highest BCUT2D eigenvalue weighted by Crippen LogP contribution is 2.42. The first-order valence-corrected chi connectivity index (χ1v) is 13.1. The normalized spacial score (nSPS) is 25.1. The van der Waals surface area contributed by atoms with Gasteiger partial charge in [0.1, 0.15) is 23.4 Å². The van der Waals surface area contributed by atoms with E-state index in [0.717, 1.165) is 46.9 Å². The molecule has 2 amide bonds. The van der Waals surface area contributed by atoms with Gasteiger partial charge in [0.2, 0.25) is 5.91 Å². The molecule has 206 valence electrons. The number of methoxy groups -OCH3 is 2. The molecule has 1 fully saturated rings. The Morgan fingerprint density at radius 1 is 1.13 bits per heavy atom. The van der Waals surface area contributed by atoms with Crippen molar-refractivity contribution in [3.8, 4) is 5.75 Å². The van der Waals surface area contributed by atoms with Gasteiger partial charge in [0, 0.05) is 19.1 Å². The monoisotopic (exact) mass is 526 g/mol. The van der Waals surface area contributed by atoms with Gasteiger partial charge in [-0.3, -0.25) is 4.79 Å². The standard InChI is InChI=1S/C29H38N2O7/c1-28(2,3)24-25(32)31-17-29(37-5,16-22(31)26(33)34)19-12-10-18-11-13-23(36-4)20(21(18)15-19)9-7-6-8-14-38-27(35)30-24/h10-13,15,22,24H,6-9,14,16-17H2,1-5H3,(H,30,35)(H,33,34)/t22-,24+,29-/m0/s1. The number of nitrogens with zero attached hydrogens (tertiary/aromatic N) is 1. The number of carboxylic acids is 1. The van der Waals surface area contributed by atoms with Crippen LogP contribution in [0.2, 0.25) is 0 Å². The molecule has 1 saturated heterocycles. The Morgan fingerprint density at radius 2 is 1.87 bits per heavy atom. The molecule has 2 N–H and O–H groups in total. The maximum atomic E-state index is 13.9. The van der Waals surface area contributed by atoms with Gasteiger partial charge in [0.05, 0.1) is 20.3 Å². The second kappa shape index (κ2) is 10.8. The van der Waals surface area contributed by atoms with Crippen LogP contribution < -0.4 is 10.1 Å². The number of aliphatic carboxylic acids is 1. The fourth-order valence-corrected chi connectivity index (χ4v) is 5.61. The largest absolute Gasteiger partial charge is 0.496 e. The summed E-state index contributed by atoms with van der Waals surface area (Å²) in [5.41, 5.74) is 0.140. The number of ether oxygens (including phenoxy) is 3. The number of hydrogen-bond donors (Lipinski definition) is 2. The Balaban J connectivity index is 1.86. The van der Waals surface area contributed by atoms with E-state index in [1.165, 1.54) is 4.90 Å². The minimum absolute atomic E-state index is 0.0351. The van der Waals surface area contributed by atoms with Crippen molar-refractivity contribution >= 4 is 28.7 Å². The molecule has 0 unspecified atom stereocenters. The molecule has 2 heterocycles. The number of cyclic esters (lactones) is 1. The number of benzene rings is 2.